The predicted molar refractivity (Wildman–Crippen MR) is 147 cm³/mol. The number of imidazole rings is 1. The molecule has 8 rings (SSSR count). The molecular formula is C31H19N3Se. The molecular weight excluding hydrogens is 493 g/mol. The zero-order chi connectivity index (χ0) is 22.9. The molecule has 0 bridgehead atoms. The Morgan fingerprint density at radius 1 is 0.571 bits per heavy atom. The van der Waals surface area contributed by atoms with E-state index in [0.717, 1.165) is 21.6 Å². The molecule has 0 N–H and O–H groups in total. The number of aromatic nitrogens is 3. The molecule has 0 aliphatic heterocycles. The van der Waals surface area contributed by atoms with Crippen LogP contribution in [0.15, 0.2) is 115 Å². The van der Waals surface area contributed by atoms with Crippen molar-refractivity contribution in [1.82, 2.24) is 14.0 Å². The Balaban J connectivity index is 1.58. The van der Waals surface area contributed by atoms with Crippen molar-refractivity contribution in [1.29, 1.82) is 0 Å². The minimum absolute atomic E-state index is 0.166. The second-order valence-corrected chi connectivity index (χ2v) is 11.0. The summed E-state index contributed by atoms with van der Waals surface area (Å²) in [6, 6.07) is 41.4. The van der Waals surface area contributed by atoms with Crippen LogP contribution in [-0.2, 0) is 0 Å². The topological polar surface area (TPSA) is 22.2 Å². The van der Waals surface area contributed by atoms with Gasteiger partial charge in [-0.15, -0.1) is 0 Å². The fourth-order valence-electron chi connectivity index (χ4n) is 5.39. The molecule has 0 aliphatic carbocycles. The Bertz CT molecular complexity index is 2020. The molecule has 3 heterocycles. The van der Waals surface area contributed by atoms with Crippen molar-refractivity contribution >= 4 is 61.4 Å². The van der Waals surface area contributed by atoms with Gasteiger partial charge in [-0.2, -0.15) is 0 Å². The van der Waals surface area contributed by atoms with Crippen molar-refractivity contribution < 1.29 is 0 Å². The van der Waals surface area contributed by atoms with Crippen LogP contribution in [0.25, 0.3) is 64.0 Å². The molecule has 0 aliphatic rings. The molecule has 164 valence electrons. The molecule has 0 saturated heterocycles. The van der Waals surface area contributed by atoms with Gasteiger partial charge in [0.15, 0.2) is 0 Å². The van der Waals surface area contributed by atoms with Gasteiger partial charge in [-0.25, -0.2) is 0 Å². The third-order valence-corrected chi connectivity index (χ3v) is 9.09. The van der Waals surface area contributed by atoms with Crippen molar-refractivity contribution in [3.63, 3.8) is 0 Å². The molecule has 0 unspecified atom stereocenters. The van der Waals surface area contributed by atoms with E-state index < -0.39 is 0 Å². The molecule has 35 heavy (non-hydrogen) atoms. The van der Waals surface area contributed by atoms with E-state index in [1.165, 1.54) is 42.4 Å². The number of para-hydroxylation sites is 3. The van der Waals surface area contributed by atoms with Crippen molar-refractivity contribution in [2.45, 2.75) is 0 Å². The fraction of sp³-hybridized carbons (Fsp3) is 0. The third-order valence-electron chi connectivity index (χ3n) is 6.94. The van der Waals surface area contributed by atoms with Crippen molar-refractivity contribution in [2.75, 3.05) is 0 Å². The van der Waals surface area contributed by atoms with E-state index in [1.54, 1.807) is 0 Å². The first-order valence-corrected chi connectivity index (χ1v) is 13.5. The molecule has 0 radical (unpaired) electrons. The summed E-state index contributed by atoms with van der Waals surface area (Å²) in [5.74, 6) is 1.12. The van der Waals surface area contributed by atoms with Gasteiger partial charge in [0.25, 0.3) is 0 Å². The van der Waals surface area contributed by atoms with E-state index in [-0.39, 0.29) is 14.5 Å². The first-order valence-electron chi connectivity index (χ1n) is 11.7. The predicted octanol–water partition coefficient (Wildman–Crippen LogP) is 7.46. The van der Waals surface area contributed by atoms with Crippen LogP contribution in [0.4, 0.5) is 0 Å². The average molecular weight is 512 g/mol. The zero-order valence-electron chi connectivity index (χ0n) is 18.7. The average Bonchev–Trinajstić information content (AvgIpc) is 3.56. The van der Waals surface area contributed by atoms with Gasteiger partial charge in [-0.3, -0.25) is 0 Å². The molecule has 0 atom stereocenters. The molecule has 0 amide bonds. The van der Waals surface area contributed by atoms with Crippen molar-refractivity contribution in [3.8, 4) is 17.1 Å². The van der Waals surface area contributed by atoms with E-state index in [2.05, 4.69) is 124 Å². The Morgan fingerprint density at radius 2 is 1.20 bits per heavy atom. The molecule has 0 spiro atoms. The standard InChI is InChI=1S/C31H19N3Se/c1-2-10-21-19-22(18-17-20(21)9-1)29-30(34-27-15-7-8-16-28(27)35-31(34)32-29)33-25-13-5-3-11-23(25)24-12-4-6-14-26(24)33/h1-19H. The van der Waals surface area contributed by atoms with Crippen LogP contribution in [0, 0.1) is 0 Å². The molecule has 8 aromatic rings. The molecule has 3 nitrogen and oxygen atoms in total. The monoisotopic (exact) mass is 513 g/mol. The van der Waals surface area contributed by atoms with E-state index >= 15 is 0 Å². The first kappa shape index (κ1) is 19.2. The Labute approximate surface area is 207 Å². The number of hydrogen-bond donors (Lipinski definition) is 0. The van der Waals surface area contributed by atoms with Crippen LogP contribution in [0.2, 0.25) is 0 Å². The third kappa shape index (κ3) is 2.69. The number of fused-ring (bicyclic) bond motifs is 7. The summed E-state index contributed by atoms with van der Waals surface area (Å²) < 4.78 is 7.36. The van der Waals surface area contributed by atoms with Crippen LogP contribution in [-0.4, -0.2) is 28.5 Å². The maximum absolute atomic E-state index is 5.32. The molecule has 5 aromatic carbocycles. The van der Waals surface area contributed by atoms with Crippen LogP contribution in [0.1, 0.15) is 0 Å². The van der Waals surface area contributed by atoms with Gasteiger partial charge in [0.1, 0.15) is 0 Å². The molecule has 0 saturated carbocycles. The van der Waals surface area contributed by atoms with E-state index in [9.17, 15) is 0 Å². The summed E-state index contributed by atoms with van der Waals surface area (Å²) >= 11 is 0.166. The zero-order valence-corrected chi connectivity index (χ0v) is 20.4. The fourth-order valence-corrected chi connectivity index (χ4v) is 7.53. The first-order chi connectivity index (χ1) is 17.4. The van der Waals surface area contributed by atoms with Gasteiger partial charge in [-0.05, 0) is 0 Å². The number of benzene rings is 5. The van der Waals surface area contributed by atoms with Crippen LogP contribution in [0.3, 0.4) is 0 Å². The van der Waals surface area contributed by atoms with E-state index in [1.807, 2.05) is 0 Å². The quantitative estimate of drug-likeness (QED) is 0.221. The van der Waals surface area contributed by atoms with Crippen molar-refractivity contribution in [3.05, 3.63) is 115 Å². The second-order valence-electron chi connectivity index (χ2n) is 8.90. The number of hydrogen-bond acceptors (Lipinski definition) is 1. The van der Waals surface area contributed by atoms with Gasteiger partial charge in [0, 0.05) is 0 Å². The van der Waals surface area contributed by atoms with Crippen molar-refractivity contribution in [2.24, 2.45) is 0 Å². The number of rotatable bonds is 2. The Morgan fingerprint density at radius 3 is 1.97 bits per heavy atom. The Hall–Kier alpha value is -4.11. The normalized spacial score (nSPS) is 12.0. The summed E-state index contributed by atoms with van der Waals surface area (Å²) in [6.07, 6.45) is 0. The summed E-state index contributed by atoms with van der Waals surface area (Å²) in [4.78, 5) is 5.32. The molecule has 0 fully saturated rings. The maximum atomic E-state index is 5.32. The summed E-state index contributed by atoms with van der Waals surface area (Å²) in [6.45, 7) is 0. The number of nitrogens with zero attached hydrogens (tertiary/aromatic N) is 3. The summed E-state index contributed by atoms with van der Waals surface area (Å²) in [7, 11) is 0. The SMILES string of the molecule is c1ccc2cc(-c3nc4[se]c5ccccc5n4c3-n3c4ccccc4c4ccccc43)ccc2c1. The van der Waals surface area contributed by atoms with Crippen LogP contribution in [0.5, 0.6) is 0 Å². The molecule has 3 aromatic heterocycles. The minimum atomic E-state index is 0.166. The molecule has 4 heteroatoms. The van der Waals surface area contributed by atoms with Gasteiger partial charge >= 0.3 is 208 Å². The van der Waals surface area contributed by atoms with Gasteiger partial charge in [0.05, 0.1) is 0 Å². The van der Waals surface area contributed by atoms with E-state index in [4.69, 9.17) is 4.98 Å². The second kappa shape index (κ2) is 7.19. The van der Waals surface area contributed by atoms with Crippen LogP contribution >= 0.6 is 0 Å². The summed E-state index contributed by atoms with van der Waals surface area (Å²) in [5.41, 5.74) is 5.84. The van der Waals surface area contributed by atoms with Crippen LogP contribution < -0.4 is 0 Å². The van der Waals surface area contributed by atoms with Gasteiger partial charge in [-0.1, -0.05) is 0 Å². The van der Waals surface area contributed by atoms with Gasteiger partial charge in [0.2, 0.25) is 0 Å². The summed E-state index contributed by atoms with van der Waals surface area (Å²) in [5, 5.41) is 5.01. The van der Waals surface area contributed by atoms with E-state index in [0.29, 0.717) is 0 Å². The Kier molecular flexibility index (Phi) is 3.95. The van der Waals surface area contributed by atoms with Gasteiger partial charge < -0.3 is 0 Å².